The third kappa shape index (κ3) is 7.26. The number of hydrogen-bond donors (Lipinski definition) is 1. The van der Waals surface area contributed by atoms with E-state index in [9.17, 15) is 13.2 Å². The summed E-state index contributed by atoms with van der Waals surface area (Å²) in [6.45, 7) is 1.65. The quantitative estimate of drug-likeness (QED) is 0.237. The van der Waals surface area contributed by atoms with Crippen molar-refractivity contribution in [2.45, 2.75) is 23.3 Å². The molecule has 0 unspecified atom stereocenters. The van der Waals surface area contributed by atoms with Crippen molar-refractivity contribution in [3.63, 3.8) is 0 Å². The molecule has 0 aliphatic rings. The van der Waals surface area contributed by atoms with Gasteiger partial charge in [0.15, 0.2) is 0 Å². The number of aryl methyl sites for hydroxylation is 1. The van der Waals surface area contributed by atoms with E-state index in [-0.39, 0.29) is 18.0 Å². The molecule has 0 saturated carbocycles. The lowest BCUT2D eigenvalue weighted by Gasteiger charge is -2.21. The van der Waals surface area contributed by atoms with E-state index in [1.807, 2.05) is 61.7 Å². The molecule has 0 bridgehead atoms. The predicted octanol–water partition coefficient (Wildman–Crippen LogP) is 4.82. The summed E-state index contributed by atoms with van der Waals surface area (Å²) < 4.78 is 28.5. The van der Waals surface area contributed by atoms with Gasteiger partial charge in [-0.2, -0.15) is 9.41 Å². The van der Waals surface area contributed by atoms with Crippen molar-refractivity contribution in [2.75, 3.05) is 12.8 Å². The molecule has 0 radical (unpaired) electrons. The monoisotopic (exact) mass is 545 g/mol. The fourth-order valence-electron chi connectivity index (χ4n) is 2.94. The second-order valence-electron chi connectivity index (χ2n) is 7.28. The molecule has 0 atom stereocenters. The van der Waals surface area contributed by atoms with Gasteiger partial charge in [-0.05, 0) is 60.7 Å². The minimum Gasteiger partial charge on any atom is -0.272 e. The van der Waals surface area contributed by atoms with Crippen LogP contribution in [0.15, 0.2) is 92.2 Å². The van der Waals surface area contributed by atoms with Gasteiger partial charge in [0.1, 0.15) is 0 Å². The van der Waals surface area contributed by atoms with Gasteiger partial charge in [0, 0.05) is 15.9 Å². The normalized spacial score (nSPS) is 11.8. The van der Waals surface area contributed by atoms with Crippen molar-refractivity contribution < 1.29 is 13.2 Å². The molecule has 3 rings (SSSR count). The molecule has 0 aliphatic heterocycles. The maximum atomic E-state index is 13.3. The van der Waals surface area contributed by atoms with Crippen LogP contribution in [0.4, 0.5) is 0 Å². The Kier molecular flexibility index (Phi) is 8.85. The summed E-state index contributed by atoms with van der Waals surface area (Å²) in [5.74, 6) is -0.528. The Labute approximate surface area is 207 Å². The molecule has 0 fully saturated rings. The number of halogens is 1. The average Bonchev–Trinajstić information content (AvgIpc) is 2.81. The minimum absolute atomic E-state index is 0.0615. The van der Waals surface area contributed by atoms with Crippen molar-refractivity contribution in [3.05, 3.63) is 94.0 Å². The number of carbonyl (C=O) groups excluding carboxylic acids is 1. The largest absolute Gasteiger partial charge is 0.272 e. The van der Waals surface area contributed by atoms with Crippen LogP contribution in [-0.2, 0) is 21.4 Å². The van der Waals surface area contributed by atoms with E-state index in [2.05, 4.69) is 26.5 Å². The second kappa shape index (κ2) is 11.6. The number of hydrazone groups is 1. The summed E-state index contributed by atoms with van der Waals surface area (Å²) in [6.07, 6.45) is 3.52. The number of sulfonamides is 1. The van der Waals surface area contributed by atoms with Gasteiger partial charge < -0.3 is 0 Å². The van der Waals surface area contributed by atoms with E-state index >= 15 is 0 Å². The number of amides is 1. The fraction of sp³-hybridized carbons (Fsp3) is 0.167. The molecule has 3 aromatic rings. The van der Waals surface area contributed by atoms with Crippen LogP contribution in [0.3, 0.4) is 0 Å². The van der Waals surface area contributed by atoms with Crippen molar-refractivity contribution in [2.24, 2.45) is 5.10 Å². The van der Waals surface area contributed by atoms with E-state index in [0.717, 1.165) is 30.4 Å². The SMILES string of the molecule is CSc1ccc(/C=N\NC(=O)CN(Cc2ccc(C)cc2)S(=O)(=O)c2ccc(Br)cc2)cc1. The molecular weight excluding hydrogens is 522 g/mol. The van der Waals surface area contributed by atoms with Crippen molar-refractivity contribution in [3.8, 4) is 0 Å². The standard InChI is InChI=1S/C24H24BrN3O3S2/c1-18-3-5-20(6-4-18)16-28(33(30,31)23-13-9-21(25)10-14-23)17-24(29)27-26-15-19-7-11-22(32-2)12-8-19/h3-15H,16-17H2,1-2H3,(H,27,29)/b26-15-. The van der Waals surface area contributed by atoms with Crippen LogP contribution in [-0.4, -0.2) is 37.6 Å². The first-order valence-corrected chi connectivity index (χ1v) is 13.5. The molecule has 0 aliphatic carbocycles. The Balaban J connectivity index is 1.76. The highest BCUT2D eigenvalue weighted by Crippen LogP contribution is 2.21. The molecule has 1 amide bonds. The molecule has 6 nitrogen and oxygen atoms in total. The third-order valence-corrected chi connectivity index (χ3v) is 7.85. The van der Waals surface area contributed by atoms with Crippen LogP contribution in [0.1, 0.15) is 16.7 Å². The van der Waals surface area contributed by atoms with E-state index in [1.165, 1.54) is 18.3 Å². The highest BCUT2D eigenvalue weighted by molar-refractivity contribution is 9.10. The van der Waals surface area contributed by atoms with Crippen LogP contribution in [0.25, 0.3) is 0 Å². The van der Waals surface area contributed by atoms with Crippen molar-refractivity contribution >= 4 is 49.8 Å². The van der Waals surface area contributed by atoms with Crippen LogP contribution in [0, 0.1) is 6.92 Å². The molecule has 0 aromatic heterocycles. The van der Waals surface area contributed by atoms with E-state index in [0.29, 0.717) is 0 Å². The summed E-state index contributed by atoms with van der Waals surface area (Å²) >= 11 is 4.95. The van der Waals surface area contributed by atoms with Crippen LogP contribution in [0.2, 0.25) is 0 Å². The van der Waals surface area contributed by atoms with E-state index in [1.54, 1.807) is 23.9 Å². The Hall–Kier alpha value is -2.46. The molecule has 0 spiro atoms. The Morgan fingerprint density at radius 3 is 2.27 bits per heavy atom. The fourth-order valence-corrected chi connectivity index (χ4v) is 5.00. The lowest BCUT2D eigenvalue weighted by Crippen LogP contribution is -2.39. The van der Waals surface area contributed by atoms with Gasteiger partial charge in [0.2, 0.25) is 10.0 Å². The number of nitrogens with zero attached hydrogens (tertiary/aromatic N) is 2. The van der Waals surface area contributed by atoms with Crippen LogP contribution in [0.5, 0.6) is 0 Å². The summed E-state index contributed by atoms with van der Waals surface area (Å²) in [4.78, 5) is 13.8. The number of hydrogen-bond acceptors (Lipinski definition) is 5. The van der Waals surface area contributed by atoms with Gasteiger partial charge in [0.25, 0.3) is 5.91 Å². The molecule has 3 aromatic carbocycles. The number of carbonyl (C=O) groups is 1. The summed E-state index contributed by atoms with van der Waals surface area (Å²) in [6, 6.07) is 21.6. The molecule has 9 heteroatoms. The van der Waals surface area contributed by atoms with Gasteiger partial charge in [-0.15, -0.1) is 11.8 Å². The number of nitrogens with one attached hydrogen (secondary N) is 1. The topological polar surface area (TPSA) is 78.8 Å². The number of rotatable bonds is 9. The van der Waals surface area contributed by atoms with E-state index < -0.39 is 15.9 Å². The first kappa shape index (κ1) is 25.2. The zero-order valence-electron chi connectivity index (χ0n) is 18.2. The molecule has 172 valence electrons. The Morgan fingerprint density at radius 1 is 1.03 bits per heavy atom. The lowest BCUT2D eigenvalue weighted by atomic mass is 10.1. The summed E-state index contributed by atoms with van der Waals surface area (Å²) in [5.41, 5.74) is 5.11. The van der Waals surface area contributed by atoms with Gasteiger partial charge in [-0.3, -0.25) is 4.79 Å². The van der Waals surface area contributed by atoms with Gasteiger partial charge in [0.05, 0.1) is 17.7 Å². The van der Waals surface area contributed by atoms with Crippen molar-refractivity contribution in [1.29, 1.82) is 0 Å². The summed E-state index contributed by atoms with van der Waals surface area (Å²) in [5, 5.41) is 3.98. The molecule has 0 saturated heterocycles. The minimum atomic E-state index is -3.91. The molecule has 1 N–H and O–H groups in total. The number of benzene rings is 3. The predicted molar refractivity (Wildman–Crippen MR) is 137 cm³/mol. The third-order valence-electron chi connectivity index (χ3n) is 4.77. The maximum absolute atomic E-state index is 13.3. The lowest BCUT2D eigenvalue weighted by molar-refractivity contribution is -0.121. The van der Waals surface area contributed by atoms with Crippen LogP contribution >= 0.6 is 27.7 Å². The highest BCUT2D eigenvalue weighted by atomic mass is 79.9. The average molecular weight is 547 g/mol. The highest BCUT2D eigenvalue weighted by Gasteiger charge is 2.27. The zero-order valence-corrected chi connectivity index (χ0v) is 21.5. The maximum Gasteiger partial charge on any atom is 0.255 e. The first-order chi connectivity index (χ1) is 15.8. The van der Waals surface area contributed by atoms with Gasteiger partial charge in [-0.1, -0.05) is 57.9 Å². The molecule has 33 heavy (non-hydrogen) atoms. The Bertz CT molecular complexity index is 1210. The molecular formula is C24H24BrN3O3S2. The zero-order chi connectivity index (χ0) is 23.8. The van der Waals surface area contributed by atoms with Crippen LogP contribution < -0.4 is 5.43 Å². The molecule has 0 heterocycles. The van der Waals surface area contributed by atoms with Gasteiger partial charge >= 0.3 is 0 Å². The Morgan fingerprint density at radius 2 is 1.67 bits per heavy atom. The van der Waals surface area contributed by atoms with Crippen molar-refractivity contribution in [1.82, 2.24) is 9.73 Å². The smallest absolute Gasteiger partial charge is 0.255 e. The first-order valence-electron chi connectivity index (χ1n) is 10.0. The van der Waals surface area contributed by atoms with E-state index in [4.69, 9.17) is 0 Å². The van der Waals surface area contributed by atoms with Gasteiger partial charge in [-0.25, -0.2) is 13.8 Å². The summed E-state index contributed by atoms with van der Waals surface area (Å²) in [7, 11) is -3.91. The number of thioether (sulfide) groups is 1. The second-order valence-corrected chi connectivity index (χ2v) is 11.0.